The van der Waals surface area contributed by atoms with E-state index < -0.39 is 60.5 Å². The summed E-state index contributed by atoms with van der Waals surface area (Å²) >= 11 is 0. The van der Waals surface area contributed by atoms with Gasteiger partial charge in [0.1, 0.15) is 0 Å². The third kappa shape index (κ3) is 10.3. The van der Waals surface area contributed by atoms with Crippen molar-refractivity contribution < 1.29 is 57.2 Å². The Morgan fingerprint density at radius 2 is 0.912 bits per heavy atom. The molecule has 190 valence electrons. The van der Waals surface area contributed by atoms with Gasteiger partial charge >= 0.3 is 35.8 Å². The quantitative estimate of drug-likeness (QED) is 0.138. The molecular formula is C22H30O12. The zero-order chi connectivity index (χ0) is 26.3. The average molecular weight is 486 g/mol. The molecule has 0 aromatic heterocycles. The molecule has 2 atom stereocenters. The molecular weight excluding hydrogens is 456 g/mol. The fourth-order valence-corrected chi connectivity index (χ4v) is 2.56. The van der Waals surface area contributed by atoms with Gasteiger partial charge in [-0.15, -0.1) is 0 Å². The van der Waals surface area contributed by atoms with Crippen LogP contribution >= 0.6 is 0 Å². The molecule has 34 heavy (non-hydrogen) atoms. The van der Waals surface area contributed by atoms with Crippen LogP contribution in [0.1, 0.15) is 25.7 Å². The van der Waals surface area contributed by atoms with Crippen LogP contribution in [-0.2, 0) is 57.2 Å². The van der Waals surface area contributed by atoms with Crippen molar-refractivity contribution in [2.75, 3.05) is 41.7 Å². The maximum Gasteiger partial charge on any atom is 0.334 e. The Balaban J connectivity index is 4.47. The molecule has 0 aliphatic heterocycles. The largest absolute Gasteiger partial charge is 0.469 e. The molecule has 0 aromatic rings. The summed E-state index contributed by atoms with van der Waals surface area (Å²) in [4.78, 5) is 70.8. The third-order valence-electron chi connectivity index (χ3n) is 4.51. The van der Waals surface area contributed by atoms with Gasteiger partial charge in [0.2, 0.25) is 0 Å². The van der Waals surface area contributed by atoms with E-state index in [1.54, 1.807) is 0 Å². The number of unbranched alkanes of at least 4 members (excludes halogenated alkanes) is 1. The van der Waals surface area contributed by atoms with Gasteiger partial charge in [0.25, 0.3) is 0 Å². The van der Waals surface area contributed by atoms with E-state index in [9.17, 15) is 28.8 Å². The van der Waals surface area contributed by atoms with Crippen LogP contribution in [-0.4, -0.2) is 77.5 Å². The maximum atomic E-state index is 12.0. The lowest BCUT2D eigenvalue weighted by Gasteiger charge is -2.15. The highest BCUT2D eigenvalue weighted by Gasteiger charge is 2.31. The van der Waals surface area contributed by atoms with E-state index in [0.717, 1.165) is 28.4 Å². The van der Waals surface area contributed by atoms with Crippen molar-refractivity contribution in [3.8, 4) is 0 Å². The lowest BCUT2D eigenvalue weighted by Crippen LogP contribution is -2.27. The van der Waals surface area contributed by atoms with Crippen LogP contribution in [0.5, 0.6) is 0 Å². The molecule has 0 fully saturated rings. The summed E-state index contributed by atoms with van der Waals surface area (Å²) in [5.41, 5.74) is -0.475. The normalized spacial score (nSPS) is 11.8. The second-order valence-corrected chi connectivity index (χ2v) is 6.74. The standard InChI is InChI=1S/C22H30O12/c1-13(19(25)29-3)15(21(27)31-5)11-17(23)33-9-7-8-10-34-18(24)12-16(22(28)32-6)14(2)20(26)30-4/h15-16H,1-2,7-12H2,3-6H3. The van der Waals surface area contributed by atoms with Crippen molar-refractivity contribution in [2.24, 2.45) is 11.8 Å². The average Bonchev–Trinajstić information content (AvgIpc) is 2.84. The molecule has 0 radical (unpaired) electrons. The van der Waals surface area contributed by atoms with E-state index in [1.807, 2.05) is 0 Å². The molecule has 0 heterocycles. The summed E-state index contributed by atoms with van der Waals surface area (Å²) in [7, 11) is 4.42. The first kappa shape index (κ1) is 30.3. The number of rotatable bonds is 15. The lowest BCUT2D eigenvalue weighted by atomic mass is 9.97. The van der Waals surface area contributed by atoms with Gasteiger partial charge in [-0.25, -0.2) is 9.59 Å². The number of hydrogen-bond acceptors (Lipinski definition) is 12. The van der Waals surface area contributed by atoms with Crippen molar-refractivity contribution in [3.05, 3.63) is 24.3 Å². The molecule has 0 aliphatic rings. The molecule has 0 rings (SSSR count). The summed E-state index contributed by atoms with van der Waals surface area (Å²) in [6.07, 6.45) is -0.298. The molecule has 0 amide bonds. The van der Waals surface area contributed by atoms with E-state index in [2.05, 4.69) is 32.1 Å². The van der Waals surface area contributed by atoms with E-state index in [0.29, 0.717) is 12.8 Å². The molecule has 0 aromatic carbocycles. The Bertz CT molecular complexity index is 732. The minimum atomic E-state index is -1.24. The summed E-state index contributed by atoms with van der Waals surface area (Å²) in [6.45, 7) is 6.83. The zero-order valence-corrected chi connectivity index (χ0v) is 19.7. The Labute approximate surface area is 197 Å². The van der Waals surface area contributed by atoms with Crippen LogP contribution in [0.2, 0.25) is 0 Å². The van der Waals surface area contributed by atoms with E-state index in [4.69, 9.17) is 9.47 Å². The number of carbonyl (C=O) groups excluding carboxylic acids is 6. The van der Waals surface area contributed by atoms with Crippen LogP contribution in [0, 0.1) is 11.8 Å². The van der Waals surface area contributed by atoms with Crippen LogP contribution in [0.3, 0.4) is 0 Å². The molecule has 0 N–H and O–H groups in total. The Hall–Kier alpha value is -3.70. The number of hydrogen-bond donors (Lipinski definition) is 0. The second kappa shape index (κ2) is 16.0. The smallest absolute Gasteiger partial charge is 0.334 e. The molecule has 0 aliphatic carbocycles. The predicted octanol–water partition coefficient (Wildman–Crippen LogP) is 0.670. The van der Waals surface area contributed by atoms with Crippen molar-refractivity contribution in [3.63, 3.8) is 0 Å². The fraction of sp³-hybridized carbons (Fsp3) is 0.545. The van der Waals surface area contributed by atoms with Gasteiger partial charge in [-0.2, -0.15) is 0 Å². The Morgan fingerprint density at radius 3 is 1.18 bits per heavy atom. The number of methoxy groups -OCH3 is 4. The fourth-order valence-electron chi connectivity index (χ4n) is 2.56. The molecule has 0 saturated heterocycles. The van der Waals surface area contributed by atoms with Gasteiger partial charge in [-0.1, -0.05) is 13.2 Å². The highest BCUT2D eigenvalue weighted by molar-refractivity contribution is 5.97. The van der Waals surface area contributed by atoms with Crippen LogP contribution in [0.15, 0.2) is 24.3 Å². The SMILES string of the molecule is C=C(C(=O)OC)C(CC(=O)OCCCCOC(=O)CC(C(=C)C(=O)OC)C(=O)OC)C(=O)OC. The number of ether oxygens (including phenoxy) is 6. The van der Waals surface area contributed by atoms with E-state index in [1.165, 1.54) is 0 Å². The summed E-state index contributed by atoms with van der Waals surface area (Å²) in [6, 6.07) is 0. The summed E-state index contributed by atoms with van der Waals surface area (Å²) in [5, 5.41) is 0. The topological polar surface area (TPSA) is 158 Å². The molecule has 0 bridgehead atoms. The maximum absolute atomic E-state index is 12.0. The van der Waals surface area contributed by atoms with Gasteiger partial charge < -0.3 is 28.4 Å². The molecule has 12 nitrogen and oxygen atoms in total. The second-order valence-electron chi connectivity index (χ2n) is 6.74. The first-order chi connectivity index (χ1) is 16.0. The molecule has 0 spiro atoms. The minimum absolute atomic E-state index is 0.0427. The molecule has 12 heteroatoms. The van der Waals surface area contributed by atoms with Crippen LogP contribution in [0.4, 0.5) is 0 Å². The van der Waals surface area contributed by atoms with Gasteiger partial charge in [0.05, 0.1) is 66.3 Å². The Morgan fingerprint density at radius 1 is 0.588 bits per heavy atom. The minimum Gasteiger partial charge on any atom is -0.469 e. The van der Waals surface area contributed by atoms with Crippen LogP contribution in [0.25, 0.3) is 0 Å². The van der Waals surface area contributed by atoms with Gasteiger partial charge in [-0.3, -0.25) is 19.2 Å². The lowest BCUT2D eigenvalue weighted by molar-refractivity contribution is -0.154. The molecule has 2 unspecified atom stereocenters. The van der Waals surface area contributed by atoms with Crippen molar-refractivity contribution in [1.29, 1.82) is 0 Å². The van der Waals surface area contributed by atoms with Gasteiger partial charge in [-0.05, 0) is 12.8 Å². The van der Waals surface area contributed by atoms with Crippen LogP contribution < -0.4 is 0 Å². The van der Waals surface area contributed by atoms with Crippen molar-refractivity contribution in [1.82, 2.24) is 0 Å². The first-order valence-corrected chi connectivity index (χ1v) is 10.0. The van der Waals surface area contributed by atoms with E-state index >= 15 is 0 Å². The van der Waals surface area contributed by atoms with Gasteiger partial charge in [0.15, 0.2) is 0 Å². The first-order valence-electron chi connectivity index (χ1n) is 10.0. The predicted molar refractivity (Wildman–Crippen MR) is 114 cm³/mol. The third-order valence-corrected chi connectivity index (χ3v) is 4.51. The number of carbonyl (C=O) groups is 6. The number of esters is 6. The summed E-state index contributed by atoms with van der Waals surface area (Å²) in [5.74, 6) is -7.38. The van der Waals surface area contributed by atoms with Crippen molar-refractivity contribution in [2.45, 2.75) is 25.7 Å². The van der Waals surface area contributed by atoms with E-state index in [-0.39, 0.29) is 24.4 Å². The molecule has 0 saturated carbocycles. The summed E-state index contributed by atoms with van der Waals surface area (Å²) < 4.78 is 28.2. The van der Waals surface area contributed by atoms with Crippen molar-refractivity contribution >= 4 is 35.8 Å². The van der Waals surface area contributed by atoms with Gasteiger partial charge in [0, 0.05) is 11.1 Å². The monoisotopic (exact) mass is 486 g/mol. The highest BCUT2D eigenvalue weighted by atomic mass is 16.6. The zero-order valence-electron chi connectivity index (χ0n) is 19.7. The highest BCUT2D eigenvalue weighted by Crippen LogP contribution is 2.19. The Kier molecular flexibility index (Phi) is 14.3.